The van der Waals surface area contributed by atoms with E-state index in [4.69, 9.17) is 10.2 Å². The van der Waals surface area contributed by atoms with E-state index in [9.17, 15) is 23.2 Å². The molecule has 0 saturated heterocycles. The van der Waals surface area contributed by atoms with Crippen molar-refractivity contribution in [2.24, 2.45) is 5.73 Å². The molecule has 2 atom stereocenters. The van der Waals surface area contributed by atoms with Crippen molar-refractivity contribution >= 4 is 11.6 Å². The molecule has 228 valence electrons. The van der Waals surface area contributed by atoms with Crippen molar-refractivity contribution in [3.63, 3.8) is 0 Å². The van der Waals surface area contributed by atoms with Crippen molar-refractivity contribution in [1.82, 2.24) is 20.0 Å². The van der Waals surface area contributed by atoms with E-state index >= 15 is 13.2 Å². The average Bonchev–Trinajstić information content (AvgIpc) is 3.65. The molecule has 0 fully saturated rings. The van der Waals surface area contributed by atoms with Crippen LogP contribution in [0.1, 0.15) is 42.8 Å². The first-order valence-corrected chi connectivity index (χ1v) is 13.0. The first-order chi connectivity index (χ1) is 20.6. The normalized spacial score (nSPS) is 19.0. The number of aromatic nitrogens is 4. The zero-order chi connectivity index (χ0) is 32.2. The quantitative estimate of drug-likeness (QED) is 0.220. The zero-order valence-electron chi connectivity index (χ0n) is 23.2. The van der Waals surface area contributed by atoms with Crippen molar-refractivity contribution in [1.29, 1.82) is 5.26 Å². The molecule has 2 N–H and O–H groups in total. The highest BCUT2D eigenvalue weighted by Gasteiger charge is 2.43. The maximum absolute atomic E-state index is 16.2. The van der Waals surface area contributed by atoms with Crippen LogP contribution in [0.5, 0.6) is 0 Å². The molecule has 2 aromatic heterocycles. The summed E-state index contributed by atoms with van der Waals surface area (Å²) in [5.74, 6) is -3.18. The van der Waals surface area contributed by atoms with Crippen LogP contribution in [0.4, 0.5) is 32.0 Å². The molecular formula is C29H23F6N7O2. The summed E-state index contributed by atoms with van der Waals surface area (Å²) in [5, 5.41) is 20.6. The summed E-state index contributed by atoms with van der Waals surface area (Å²) >= 11 is 0. The lowest BCUT2D eigenvalue weighted by Gasteiger charge is -2.26. The van der Waals surface area contributed by atoms with Gasteiger partial charge in [0.2, 0.25) is 11.8 Å². The number of nitrogens with two attached hydrogens (primary N) is 1. The van der Waals surface area contributed by atoms with Gasteiger partial charge >= 0.3 is 6.18 Å². The number of alkyl halides is 4. The molecule has 1 aliphatic rings. The van der Waals surface area contributed by atoms with Gasteiger partial charge in [0.15, 0.2) is 5.67 Å². The third kappa shape index (κ3) is 5.32. The number of halogens is 6. The highest BCUT2D eigenvalue weighted by Crippen LogP contribution is 2.44. The van der Waals surface area contributed by atoms with Crippen molar-refractivity contribution in [2.45, 2.75) is 50.1 Å². The van der Waals surface area contributed by atoms with Crippen LogP contribution in [0.15, 0.2) is 59.8 Å². The number of rotatable bonds is 6. The van der Waals surface area contributed by atoms with E-state index in [2.05, 4.69) is 21.9 Å². The fourth-order valence-electron chi connectivity index (χ4n) is 4.73. The van der Waals surface area contributed by atoms with Gasteiger partial charge in [-0.2, -0.15) is 23.5 Å². The smallest absolute Gasteiger partial charge is 0.419 e. The van der Waals surface area contributed by atoms with Crippen LogP contribution in [-0.2, 0) is 28.6 Å². The molecule has 44 heavy (non-hydrogen) atoms. The van der Waals surface area contributed by atoms with Crippen molar-refractivity contribution in [2.75, 3.05) is 4.90 Å². The minimum absolute atomic E-state index is 0.111. The van der Waals surface area contributed by atoms with Crippen LogP contribution in [0.2, 0.25) is 0 Å². The summed E-state index contributed by atoms with van der Waals surface area (Å²) in [6.07, 6.45) is -3.19. The molecule has 0 bridgehead atoms. The number of nitriles is 1. The fraction of sp³-hybridized carbons (Fsp3) is 0.276. The lowest BCUT2D eigenvalue weighted by molar-refractivity contribution is -0.137. The number of benzene rings is 2. The predicted octanol–water partition coefficient (Wildman–Crippen LogP) is 5.64. The van der Waals surface area contributed by atoms with Gasteiger partial charge in [0.1, 0.15) is 22.7 Å². The van der Waals surface area contributed by atoms with Crippen LogP contribution in [0.3, 0.4) is 0 Å². The Morgan fingerprint density at radius 1 is 1.18 bits per heavy atom. The number of carbonyl (C=O) groups excluding carboxylic acids is 1. The summed E-state index contributed by atoms with van der Waals surface area (Å²) in [6.45, 7) is 6.12. The second-order valence-corrected chi connectivity index (χ2v) is 10.8. The maximum Gasteiger partial charge on any atom is 0.419 e. The molecule has 15 heteroatoms. The number of fused-ring (bicyclic) bond motifs is 1. The Hall–Kier alpha value is -4.97. The van der Waals surface area contributed by atoms with E-state index in [1.165, 1.54) is 19.9 Å². The van der Waals surface area contributed by atoms with Crippen molar-refractivity contribution in [3.05, 3.63) is 89.6 Å². The van der Waals surface area contributed by atoms with E-state index in [0.717, 1.165) is 35.2 Å². The molecule has 0 spiro atoms. The van der Waals surface area contributed by atoms with Gasteiger partial charge in [-0.05, 0) is 43.7 Å². The first kappa shape index (κ1) is 30.5. The molecule has 2 aromatic carbocycles. The lowest BCUT2D eigenvalue weighted by atomic mass is 9.88. The minimum Gasteiger partial charge on any atom is -0.419 e. The Balaban J connectivity index is 1.59. The standard InChI is InChI=1S/C29H23F6N7O2/c1-4-28(32)10-21(37)25(43)41(12-15-5-6-22(20(31)7-15)42-13-16(11-38-42)29(33,34)35)23-8-17(19(30)9-18(23)28)24-39-40-26(44-24)27(2,3)14-36/h4-9,11,13,21H,1,10,12,37H2,2-3H3/t21-,28?/m1/s1. The molecule has 1 unspecified atom stereocenters. The van der Waals surface area contributed by atoms with Gasteiger partial charge in [-0.3, -0.25) is 4.79 Å². The summed E-state index contributed by atoms with van der Waals surface area (Å²) < 4.78 is 92.1. The number of hydrogen-bond donors (Lipinski definition) is 1. The number of amides is 1. The molecule has 1 aliphatic heterocycles. The molecule has 1 amide bonds. The Bertz CT molecular complexity index is 1820. The van der Waals surface area contributed by atoms with Gasteiger partial charge in [0.05, 0.1) is 41.7 Å². The Labute approximate surface area is 246 Å². The Morgan fingerprint density at radius 2 is 1.91 bits per heavy atom. The summed E-state index contributed by atoms with van der Waals surface area (Å²) in [5.41, 5.74) is 0.418. The number of nitrogens with zero attached hydrogens (tertiary/aromatic N) is 6. The molecule has 0 radical (unpaired) electrons. The summed E-state index contributed by atoms with van der Waals surface area (Å²) in [4.78, 5) is 14.5. The van der Waals surface area contributed by atoms with Crippen LogP contribution in [0, 0.1) is 23.0 Å². The zero-order valence-corrected chi connectivity index (χ0v) is 23.2. The third-order valence-corrected chi connectivity index (χ3v) is 7.23. The summed E-state index contributed by atoms with van der Waals surface area (Å²) in [7, 11) is 0. The fourth-order valence-corrected chi connectivity index (χ4v) is 4.73. The molecule has 9 nitrogen and oxygen atoms in total. The number of hydrogen-bond acceptors (Lipinski definition) is 7. The number of carbonyl (C=O) groups is 1. The predicted molar refractivity (Wildman–Crippen MR) is 144 cm³/mol. The second kappa shape index (κ2) is 10.6. The molecule has 3 heterocycles. The highest BCUT2D eigenvalue weighted by molar-refractivity contribution is 5.99. The third-order valence-electron chi connectivity index (χ3n) is 7.23. The summed E-state index contributed by atoms with van der Waals surface area (Å²) in [6, 6.07) is 6.00. The van der Waals surface area contributed by atoms with E-state index < -0.39 is 59.4 Å². The SMILES string of the molecule is C=CC1(F)C[C@@H](N)C(=O)N(Cc2ccc(-n3cc(C(F)(F)F)cn3)c(F)c2)c2cc(-c3nnc(C(C)(C)C#N)o3)c(F)cc21. The molecule has 4 aromatic rings. The number of anilines is 1. The topological polar surface area (TPSA) is 127 Å². The van der Waals surface area contributed by atoms with E-state index in [-0.39, 0.29) is 39.8 Å². The molecule has 5 rings (SSSR count). The van der Waals surface area contributed by atoms with E-state index in [0.29, 0.717) is 17.1 Å². The highest BCUT2D eigenvalue weighted by atomic mass is 19.4. The molecule has 0 aliphatic carbocycles. The van der Waals surface area contributed by atoms with Gasteiger partial charge in [0.25, 0.3) is 5.89 Å². The Morgan fingerprint density at radius 3 is 2.52 bits per heavy atom. The van der Waals surface area contributed by atoms with Crippen LogP contribution >= 0.6 is 0 Å². The van der Waals surface area contributed by atoms with Gasteiger partial charge in [-0.15, -0.1) is 10.2 Å². The van der Waals surface area contributed by atoms with Gasteiger partial charge in [-0.1, -0.05) is 18.7 Å². The second-order valence-electron chi connectivity index (χ2n) is 10.8. The Kier molecular flexibility index (Phi) is 7.37. The van der Waals surface area contributed by atoms with Crippen molar-refractivity contribution in [3.8, 4) is 23.2 Å². The lowest BCUT2D eigenvalue weighted by Crippen LogP contribution is -2.43. The average molecular weight is 616 g/mol. The van der Waals surface area contributed by atoms with Gasteiger partial charge in [-0.25, -0.2) is 17.9 Å². The van der Waals surface area contributed by atoms with E-state index in [1.807, 2.05) is 6.07 Å². The monoisotopic (exact) mass is 615 g/mol. The van der Waals surface area contributed by atoms with Crippen LogP contribution in [0.25, 0.3) is 17.1 Å². The first-order valence-electron chi connectivity index (χ1n) is 13.0. The van der Waals surface area contributed by atoms with Crippen molar-refractivity contribution < 1.29 is 35.6 Å². The van der Waals surface area contributed by atoms with Gasteiger partial charge < -0.3 is 15.1 Å². The largest absolute Gasteiger partial charge is 0.419 e. The minimum atomic E-state index is -4.68. The van der Waals surface area contributed by atoms with Crippen LogP contribution in [-0.4, -0.2) is 31.9 Å². The van der Waals surface area contributed by atoms with Crippen LogP contribution < -0.4 is 10.6 Å². The number of allylic oxidation sites excluding steroid dienone is 1. The molecular weight excluding hydrogens is 592 g/mol. The van der Waals surface area contributed by atoms with Gasteiger partial charge in [0, 0.05) is 18.2 Å². The maximum atomic E-state index is 16.2. The van der Waals surface area contributed by atoms with E-state index in [1.54, 1.807) is 0 Å². The molecule has 0 saturated carbocycles.